The van der Waals surface area contributed by atoms with Crippen molar-refractivity contribution in [2.45, 2.75) is 13.0 Å². The fourth-order valence-electron chi connectivity index (χ4n) is 1.28. The van der Waals surface area contributed by atoms with Gasteiger partial charge in [-0.3, -0.25) is 4.79 Å². The van der Waals surface area contributed by atoms with Crippen molar-refractivity contribution in [3.63, 3.8) is 0 Å². The molecule has 17 heavy (non-hydrogen) atoms. The van der Waals surface area contributed by atoms with Crippen molar-refractivity contribution in [1.29, 1.82) is 0 Å². The maximum atomic E-state index is 11.6. The topological polar surface area (TPSA) is 47.6 Å². The van der Waals surface area contributed by atoms with Gasteiger partial charge in [-0.1, -0.05) is 18.2 Å². The zero-order chi connectivity index (χ0) is 12.7. The number of carbonyl (C=O) groups excluding carboxylic acids is 1. The van der Waals surface area contributed by atoms with Crippen molar-refractivity contribution in [3.05, 3.63) is 36.9 Å². The van der Waals surface area contributed by atoms with E-state index in [-0.39, 0.29) is 5.91 Å². The first-order valence-corrected chi connectivity index (χ1v) is 5.37. The fourth-order valence-corrected chi connectivity index (χ4v) is 1.28. The molecular weight excluding hydrogens is 218 g/mol. The van der Waals surface area contributed by atoms with Crippen LogP contribution in [0.4, 0.5) is 0 Å². The predicted octanol–water partition coefficient (Wildman–Crippen LogP) is 1.76. The Morgan fingerprint density at radius 3 is 2.71 bits per heavy atom. The van der Waals surface area contributed by atoms with Crippen molar-refractivity contribution >= 4 is 5.91 Å². The molecule has 0 aliphatic carbocycles. The van der Waals surface area contributed by atoms with Crippen LogP contribution in [-0.4, -0.2) is 25.7 Å². The van der Waals surface area contributed by atoms with Crippen LogP contribution in [0.1, 0.15) is 6.92 Å². The molecular formula is C13H17NO3. The van der Waals surface area contributed by atoms with Gasteiger partial charge in [-0.25, -0.2) is 0 Å². The van der Waals surface area contributed by atoms with Crippen molar-refractivity contribution in [3.8, 4) is 11.5 Å². The van der Waals surface area contributed by atoms with Gasteiger partial charge in [-0.2, -0.15) is 0 Å². The summed E-state index contributed by atoms with van der Waals surface area (Å²) in [5.74, 6) is 0.975. The molecule has 0 aliphatic heterocycles. The van der Waals surface area contributed by atoms with Crippen LogP contribution in [0.5, 0.6) is 11.5 Å². The van der Waals surface area contributed by atoms with E-state index < -0.39 is 6.10 Å². The van der Waals surface area contributed by atoms with Crippen LogP contribution in [0.15, 0.2) is 36.9 Å². The highest BCUT2D eigenvalue weighted by atomic mass is 16.5. The molecule has 0 saturated carbocycles. The van der Waals surface area contributed by atoms with Gasteiger partial charge in [-0.15, -0.1) is 6.58 Å². The van der Waals surface area contributed by atoms with E-state index in [0.29, 0.717) is 18.0 Å². The molecule has 0 aliphatic rings. The molecule has 0 unspecified atom stereocenters. The largest absolute Gasteiger partial charge is 0.493 e. The second-order valence-corrected chi connectivity index (χ2v) is 3.44. The van der Waals surface area contributed by atoms with Gasteiger partial charge in [0.1, 0.15) is 0 Å². The van der Waals surface area contributed by atoms with Crippen LogP contribution >= 0.6 is 0 Å². The molecule has 1 atom stereocenters. The summed E-state index contributed by atoms with van der Waals surface area (Å²) >= 11 is 0. The standard InChI is InChI=1S/C13H17NO3/c1-4-9-14-13(15)10(2)17-12-8-6-5-7-11(12)16-3/h4-8,10H,1,9H2,2-3H3,(H,14,15)/t10-/m0/s1. The average molecular weight is 235 g/mol. The van der Waals surface area contributed by atoms with E-state index in [4.69, 9.17) is 9.47 Å². The summed E-state index contributed by atoms with van der Waals surface area (Å²) in [4.78, 5) is 11.6. The second kappa shape index (κ2) is 6.58. The summed E-state index contributed by atoms with van der Waals surface area (Å²) in [6.45, 7) is 5.64. The molecule has 1 aromatic carbocycles. The van der Waals surface area contributed by atoms with Crippen LogP contribution in [-0.2, 0) is 4.79 Å². The molecule has 1 rings (SSSR count). The number of methoxy groups -OCH3 is 1. The van der Waals surface area contributed by atoms with E-state index in [2.05, 4.69) is 11.9 Å². The molecule has 92 valence electrons. The van der Waals surface area contributed by atoms with E-state index in [1.54, 1.807) is 32.2 Å². The molecule has 0 saturated heterocycles. The Morgan fingerprint density at radius 1 is 1.47 bits per heavy atom. The van der Waals surface area contributed by atoms with Crippen LogP contribution in [0.25, 0.3) is 0 Å². The predicted molar refractivity (Wildman–Crippen MR) is 66.3 cm³/mol. The Bertz CT molecular complexity index is 390. The maximum Gasteiger partial charge on any atom is 0.261 e. The van der Waals surface area contributed by atoms with Crippen molar-refractivity contribution in [2.24, 2.45) is 0 Å². The second-order valence-electron chi connectivity index (χ2n) is 3.44. The summed E-state index contributed by atoms with van der Waals surface area (Å²) in [7, 11) is 1.56. The van der Waals surface area contributed by atoms with E-state index in [0.717, 1.165) is 0 Å². The number of para-hydroxylation sites is 2. The van der Waals surface area contributed by atoms with Gasteiger partial charge in [0.05, 0.1) is 7.11 Å². The highest BCUT2D eigenvalue weighted by molar-refractivity contribution is 5.80. The van der Waals surface area contributed by atoms with Gasteiger partial charge in [-0.05, 0) is 19.1 Å². The molecule has 0 aromatic heterocycles. The van der Waals surface area contributed by atoms with E-state index >= 15 is 0 Å². The summed E-state index contributed by atoms with van der Waals surface area (Å²) in [6.07, 6.45) is 1.04. The number of hydrogen-bond acceptors (Lipinski definition) is 3. The Kier molecular flexibility index (Phi) is 5.07. The zero-order valence-corrected chi connectivity index (χ0v) is 10.1. The number of rotatable bonds is 6. The number of ether oxygens (including phenoxy) is 2. The minimum atomic E-state index is -0.578. The average Bonchev–Trinajstić information content (AvgIpc) is 2.36. The molecule has 0 fully saturated rings. The minimum absolute atomic E-state index is 0.184. The third-order valence-corrected chi connectivity index (χ3v) is 2.16. The molecule has 0 bridgehead atoms. The fraction of sp³-hybridized carbons (Fsp3) is 0.308. The highest BCUT2D eigenvalue weighted by Crippen LogP contribution is 2.26. The summed E-state index contributed by atoms with van der Waals surface area (Å²) < 4.78 is 10.7. The van der Waals surface area contributed by atoms with Crippen LogP contribution < -0.4 is 14.8 Å². The first-order chi connectivity index (χ1) is 8.19. The van der Waals surface area contributed by atoms with Gasteiger partial charge in [0.25, 0.3) is 5.91 Å². The normalized spacial score (nSPS) is 11.4. The summed E-state index contributed by atoms with van der Waals surface area (Å²) in [5, 5.41) is 2.67. The van der Waals surface area contributed by atoms with Crippen molar-refractivity contribution < 1.29 is 14.3 Å². The van der Waals surface area contributed by atoms with E-state index in [1.807, 2.05) is 12.1 Å². The molecule has 4 heteroatoms. The lowest BCUT2D eigenvalue weighted by Crippen LogP contribution is -2.36. The monoisotopic (exact) mass is 235 g/mol. The maximum absolute atomic E-state index is 11.6. The van der Waals surface area contributed by atoms with Crippen LogP contribution in [0.2, 0.25) is 0 Å². The lowest BCUT2D eigenvalue weighted by Gasteiger charge is -2.16. The molecule has 0 radical (unpaired) electrons. The van der Waals surface area contributed by atoms with Crippen molar-refractivity contribution in [2.75, 3.05) is 13.7 Å². The molecule has 0 spiro atoms. The third kappa shape index (κ3) is 3.83. The zero-order valence-electron chi connectivity index (χ0n) is 10.1. The molecule has 4 nitrogen and oxygen atoms in total. The molecule has 1 aromatic rings. The van der Waals surface area contributed by atoms with E-state index in [1.165, 1.54) is 0 Å². The Hall–Kier alpha value is -1.97. The van der Waals surface area contributed by atoms with Gasteiger partial charge in [0, 0.05) is 6.54 Å². The molecule has 1 amide bonds. The van der Waals surface area contributed by atoms with Crippen molar-refractivity contribution in [1.82, 2.24) is 5.32 Å². The number of amides is 1. The van der Waals surface area contributed by atoms with Gasteiger partial charge >= 0.3 is 0 Å². The van der Waals surface area contributed by atoms with E-state index in [9.17, 15) is 4.79 Å². The number of hydrogen-bond donors (Lipinski definition) is 1. The third-order valence-electron chi connectivity index (χ3n) is 2.16. The Labute approximate surface area is 101 Å². The first-order valence-electron chi connectivity index (χ1n) is 5.37. The van der Waals surface area contributed by atoms with Crippen LogP contribution in [0.3, 0.4) is 0 Å². The minimum Gasteiger partial charge on any atom is -0.493 e. The smallest absolute Gasteiger partial charge is 0.261 e. The van der Waals surface area contributed by atoms with Gasteiger partial charge in [0.2, 0.25) is 0 Å². The van der Waals surface area contributed by atoms with Gasteiger partial charge in [0.15, 0.2) is 17.6 Å². The lowest BCUT2D eigenvalue weighted by molar-refractivity contribution is -0.127. The Morgan fingerprint density at radius 2 is 2.12 bits per heavy atom. The SMILES string of the molecule is C=CCNC(=O)[C@H](C)Oc1ccccc1OC. The quantitative estimate of drug-likeness (QED) is 0.764. The summed E-state index contributed by atoms with van der Waals surface area (Å²) in [6, 6.07) is 7.21. The van der Waals surface area contributed by atoms with Crippen LogP contribution in [0, 0.1) is 0 Å². The summed E-state index contributed by atoms with van der Waals surface area (Å²) in [5.41, 5.74) is 0. The highest BCUT2D eigenvalue weighted by Gasteiger charge is 2.15. The molecule has 0 heterocycles. The number of benzene rings is 1. The molecule has 1 N–H and O–H groups in total. The Balaban J connectivity index is 2.63. The van der Waals surface area contributed by atoms with Gasteiger partial charge < -0.3 is 14.8 Å². The first kappa shape index (κ1) is 13.1. The number of carbonyl (C=O) groups is 1. The number of nitrogens with one attached hydrogen (secondary N) is 1. The lowest BCUT2D eigenvalue weighted by atomic mass is 10.3.